The van der Waals surface area contributed by atoms with Gasteiger partial charge in [-0.1, -0.05) is 6.92 Å². The van der Waals surface area contributed by atoms with Gasteiger partial charge in [-0.3, -0.25) is 9.59 Å². The van der Waals surface area contributed by atoms with Gasteiger partial charge in [-0.2, -0.15) is 0 Å². The maximum absolute atomic E-state index is 13.6. The zero-order chi connectivity index (χ0) is 19.3. The lowest BCUT2D eigenvalue weighted by Gasteiger charge is -2.35. The van der Waals surface area contributed by atoms with Crippen LogP contribution in [0.15, 0.2) is 12.1 Å². The number of halogens is 3. The van der Waals surface area contributed by atoms with Crippen LogP contribution in [-0.2, 0) is 9.59 Å². The summed E-state index contributed by atoms with van der Waals surface area (Å²) in [5.41, 5.74) is -0.421. The van der Waals surface area contributed by atoms with Gasteiger partial charge in [-0.15, -0.1) is 0 Å². The normalized spacial score (nSPS) is 18.5. The van der Waals surface area contributed by atoms with Crippen LogP contribution in [0.4, 0.5) is 18.9 Å². The molecule has 2 amide bonds. The molecule has 1 aliphatic heterocycles. The lowest BCUT2D eigenvalue weighted by Crippen LogP contribution is -3.11. The zero-order valence-corrected chi connectivity index (χ0v) is 15.1. The number of hydrogen-bond acceptors (Lipinski definition) is 2. The van der Waals surface area contributed by atoms with Gasteiger partial charge in [0.25, 0.3) is 11.8 Å². The minimum Gasteiger partial charge on any atom is -0.335 e. The second kappa shape index (κ2) is 9.02. The molecule has 144 valence electrons. The number of amides is 2. The molecular weight excluding hydrogens is 347 g/mol. The Morgan fingerprint density at radius 1 is 1.19 bits per heavy atom. The fourth-order valence-corrected chi connectivity index (χ4v) is 3.27. The van der Waals surface area contributed by atoms with Crippen LogP contribution >= 0.6 is 0 Å². The standard InChI is InChI=1S/C18H24F3N3O2/c1-3-12-6-4-5-9-24(12)16(26)11-23(2)10-15(25)22-14-8-7-13(19)17(20)18(14)21/h7-8,12H,3-6,9-11H2,1-2H3,(H,22,25)/p+1/t12-/m0/s1. The highest BCUT2D eigenvalue weighted by Crippen LogP contribution is 2.20. The van der Waals surface area contributed by atoms with Crippen LogP contribution in [0.1, 0.15) is 32.6 Å². The average molecular weight is 372 g/mol. The third-order valence-corrected chi connectivity index (χ3v) is 4.64. The molecule has 0 saturated carbocycles. The minimum atomic E-state index is -1.63. The number of rotatable bonds is 6. The van der Waals surface area contributed by atoms with Crippen LogP contribution in [0.25, 0.3) is 0 Å². The van der Waals surface area contributed by atoms with E-state index in [1.807, 2.05) is 4.90 Å². The van der Waals surface area contributed by atoms with E-state index in [1.54, 1.807) is 7.05 Å². The molecular formula is C18H25F3N3O2+. The fraction of sp³-hybridized carbons (Fsp3) is 0.556. The predicted molar refractivity (Wildman–Crippen MR) is 91.2 cm³/mol. The average Bonchev–Trinajstić information content (AvgIpc) is 2.61. The van der Waals surface area contributed by atoms with E-state index >= 15 is 0 Å². The highest BCUT2D eigenvalue weighted by atomic mass is 19.2. The summed E-state index contributed by atoms with van der Waals surface area (Å²) in [6.07, 6.45) is 4.00. The second-order valence-corrected chi connectivity index (χ2v) is 6.73. The van der Waals surface area contributed by atoms with Gasteiger partial charge < -0.3 is 15.1 Å². The van der Waals surface area contributed by atoms with Gasteiger partial charge >= 0.3 is 0 Å². The van der Waals surface area contributed by atoms with Gasteiger partial charge in [0, 0.05) is 12.6 Å². The Morgan fingerprint density at radius 3 is 2.62 bits per heavy atom. The van der Waals surface area contributed by atoms with E-state index < -0.39 is 29.0 Å². The minimum absolute atomic E-state index is 0.0131. The molecule has 8 heteroatoms. The lowest BCUT2D eigenvalue weighted by molar-refractivity contribution is -0.862. The monoisotopic (exact) mass is 372 g/mol. The Kier molecular flexibility index (Phi) is 7.02. The van der Waals surface area contributed by atoms with Crippen LogP contribution in [0.2, 0.25) is 0 Å². The van der Waals surface area contributed by atoms with E-state index in [0.29, 0.717) is 4.90 Å². The zero-order valence-electron chi connectivity index (χ0n) is 15.1. The quantitative estimate of drug-likeness (QED) is 0.741. The molecule has 1 aromatic rings. The van der Waals surface area contributed by atoms with Crippen LogP contribution in [0.3, 0.4) is 0 Å². The molecule has 0 aromatic heterocycles. The van der Waals surface area contributed by atoms with E-state index in [-0.39, 0.29) is 25.0 Å². The first-order chi connectivity index (χ1) is 12.3. The Morgan fingerprint density at radius 2 is 1.92 bits per heavy atom. The topological polar surface area (TPSA) is 53.9 Å². The number of hydrogen-bond donors (Lipinski definition) is 2. The van der Waals surface area contributed by atoms with E-state index in [2.05, 4.69) is 12.2 Å². The molecule has 2 N–H and O–H groups in total. The molecule has 1 saturated heterocycles. The summed E-state index contributed by atoms with van der Waals surface area (Å²) >= 11 is 0. The van der Waals surface area contributed by atoms with E-state index in [9.17, 15) is 22.8 Å². The van der Waals surface area contributed by atoms with Crippen molar-refractivity contribution in [2.75, 3.05) is 32.0 Å². The largest absolute Gasteiger partial charge is 0.335 e. The molecule has 0 aliphatic carbocycles. The Hall–Kier alpha value is -2.09. The summed E-state index contributed by atoms with van der Waals surface area (Å²) in [5.74, 6) is -4.98. The van der Waals surface area contributed by atoms with Crippen LogP contribution in [0.5, 0.6) is 0 Å². The van der Waals surface area contributed by atoms with Gasteiger partial charge in [0.05, 0.1) is 12.7 Å². The molecule has 1 aliphatic rings. The molecule has 1 aromatic carbocycles. The summed E-state index contributed by atoms with van der Waals surface area (Å²) in [5, 5.41) is 2.22. The maximum Gasteiger partial charge on any atom is 0.279 e. The van der Waals surface area contributed by atoms with Crippen molar-refractivity contribution in [2.45, 2.75) is 38.6 Å². The number of piperidine rings is 1. The maximum atomic E-state index is 13.6. The number of likely N-dealkylation sites (N-methyl/N-ethyl adjacent to an activating group) is 1. The molecule has 1 fully saturated rings. The summed E-state index contributed by atoms with van der Waals surface area (Å²) in [6.45, 7) is 2.84. The van der Waals surface area contributed by atoms with E-state index in [4.69, 9.17) is 0 Å². The van der Waals surface area contributed by atoms with Crippen molar-refractivity contribution < 1.29 is 27.7 Å². The molecule has 2 atom stereocenters. The third-order valence-electron chi connectivity index (χ3n) is 4.64. The number of nitrogens with zero attached hydrogens (tertiary/aromatic N) is 1. The number of anilines is 1. The molecule has 0 bridgehead atoms. The highest BCUT2D eigenvalue weighted by Gasteiger charge is 2.27. The van der Waals surface area contributed by atoms with Gasteiger partial charge in [-0.25, -0.2) is 13.2 Å². The van der Waals surface area contributed by atoms with Crippen LogP contribution < -0.4 is 10.2 Å². The SMILES string of the molecule is CC[C@H]1CCCCN1C(=O)C[NH+](C)CC(=O)Nc1ccc(F)c(F)c1F. The first-order valence-corrected chi connectivity index (χ1v) is 8.87. The van der Waals surface area contributed by atoms with Gasteiger partial charge in [-0.05, 0) is 37.8 Å². The summed E-state index contributed by atoms with van der Waals surface area (Å²) < 4.78 is 39.7. The smallest absolute Gasteiger partial charge is 0.279 e. The second-order valence-electron chi connectivity index (χ2n) is 6.73. The first kappa shape index (κ1) is 20.2. The summed E-state index contributed by atoms with van der Waals surface area (Å²) in [4.78, 5) is 27.0. The molecule has 0 spiro atoms. The predicted octanol–water partition coefficient (Wildman–Crippen LogP) is 1.35. The van der Waals surface area contributed by atoms with Crippen molar-refractivity contribution in [1.29, 1.82) is 0 Å². The van der Waals surface area contributed by atoms with Gasteiger partial charge in [0.1, 0.15) is 0 Å². The molecule has 1 heterocycles. The third kappa shape index (κ3) is 4.97. The number of benzene rings is 1. The Balaban J connectivity index is 1.89. The van der Waals surface area contributed by atoms with Crippen molar-refractivity contribution in [3.05, 3.63) is 29.6 Å². The molecule has 5 nitrogen and oxygen atoms in total. The summed E-state index contributed by atoms with van der Waals surface area (Å²) in [7, 11) is 1.68. The summed E-state index contributed by atoms with van der Waals surface area (Å²) in [6, 6.07) is 1.95. The van der Waals surface area contributed by atoms with Crippen molar-refractivity contribution in [3.63, 3.8) is 0 Å². The molecule has 26 heavy (non-hydrogen) atoms. The van der Waals surface area contributed by atoms with E-state index in [0.717, 1.165) is 44.4 Å². The highest BCUT2D eigenvalue weighted by molar-refractivity contribution is 5.91. The van der Waals surface area contributed by atoms with Crippen LogP contribution in [0, 0.1) is 17.5 Å². The van der Waals surface area contributed by atoms with Crippen molar-refractivity contribution >= 4 is 17.5 Å². The van der Waals surface area contributed by atoms with Crippen LogP contribution in [-0.4, -0.2) is 49.4 Å². The number of carbonyl (C=O) groups is 2. The van der Waals surface area contributed by atoms with Crippen molar-refractivity contribution in [3.8, 4) is 0 Å². The number of nitrogens with one attached hydrogen (secondary N) is 2. The molecule has 1 unspecified atom stereocenters. The molecule has 2 rings (SSSR count). The Labute approximate surface area is 151 Å². The number of likely N-dealkylation sites (tertiary alicyclic amines) is 1. The van der Waals surface area contributed by atoms with E-state index in [1.165, 1.54) is 0 Å². The van der Waals surface area contributed by atoms with Gasteiger partial charge in [0.15, 0.2) is 30.5 Å². The van der Waals surface area contributed by atoms with Gasteiger partial charge in [0.2, 0.25) is 0 Å². The fourth-order valence-electron chi connectivity index (χ4n) is 3.27. The number of carbonyl (C=O) groups excluding carboxylic acids is 2. The van der Waals surface area contributed by atoms with Crippen molar-refractivity contribution in [1.82, 2.24) is 4.90 Å². The molecule has 0 radical (unpaired) electrons. The number of quaternary nitrogens is 1. The lowest BCUT2D eigenvalue weighted by atomic mass is 10.00. The Bertz CT molecular complexity index is 669. The first-order valence-electron chi connectivity index (χ1n) is 8.87. The van der Waals surface area contributed by atoms with Crippen molar-refractivity contribution in [2.24, 2.45) is 0 Å².